The van der Waals surface area contributed by atoms with Crippen LogP contribution in [-0.4, -0.2) is 28.7 Å². The number of nitrogens with one attached hydrogen (secondary N) is 1. The van der Waals surface area contributed by atoms with E-state index in [1.165, 1.54) is 0 Å². The number of carbonyl (C=O) groups is 2. The molecule has 0 spiro atoms. The number of primary amides is 1. The molecule has 132 valence electrons. The summed E-state index contributed by atoms with van der Waals surface area (Å²) in [4.78, 5) is 22.7. The summed E-state index contributed by atoms with van der Waals surface area (Å²) in [6.45, 7) is 1.79. The molecule has 0 atom stereocenters. The zero-order chi connectivity index (χ0) is 18.2. The molecule has 2 amide bonds. The monoisotopic (exact) mass is 342 g/mol. The molecule has 0 bridgehead atoms. The molecule has 7 nitrogen and oxygen atoms in total. The molecular formula is C18H22N4O3. The number of benzene rings is 1. The van der Waals surface area contributed by atoms with Gasteiger partial charge in [0, 0.05) is 18.9 Å². The van der Waals surface area contributed by atoms with Crippen molar-refractivity contribution in [2.45, 2.75) is 19.8 Å². The van der Waals surface area contributed by atoms with Crippen LogP contribution in [0.15, 0.2) is 47.7 Å². The van der Waals surface area contributed by atoms with Crippen LogP contribution in [0.3, 0.4) is 0 Å². The van der Waals surface area contributed by atoms with Crippen LogP contribution in [-0.2, 0) is 23.1 Å². The molecule has 1 aromatic heterocycles. The SMILES string of the molecule is CCC(=NNC(=O)Cc1cccn1C)c1ccc(OCC(N)=O)cc1. The summed E-state index contributed by atoms with van der Waals surface area (Å²) in [5.74, 6) is -0.152. The Morgan fingerprint density at radius 1 is 1.24 bits per heavy atom. The molecule has 0 aliphatic heterocycles. The second-order valence-electron chi connectivity index (χ2n) is 5.51. The highest BCUT2D eigenvalue weighted by Crippen LogP contribution is 2.14. The lowest BCUT2D eigenvalue weighted by Gasteiger charge is -2.08. The van der Waals surface area contributed by atoms with Gasteiger partial charge in [0.15, 0.2) is 6.61 Å². The summed E-state index contributed by atoms with van der Waals surface area (Å²) in [5, 5.41) is 4.22. The molecule has 2 aromatic rings. The molecule has 25 heavy (non-hydrogen) atoms. The maximum atomic E-state index is 12.0. The van der Waals surface area contributed by atoms with Gasteiger partial charge in [-0.1, -0.05) is 6.92 Å². The Kier molecular flexibility index (Phi) is 6.33. The predicted octanol–water partition coefficient (Wildman–Crippen LogP) is 1.36. The maximum absolute atomic E-state index is 12.0. The van der Waals surface area contributed by atoms with Gasteiger partial charge in [0.1, 0.15) is 5.75 Å². The average Bonchev–Trinajstić information content (AvgIpc) is 2.99. The highest BCUT2D eigenvalue weighted by atomic mass is 16.5. The lowest BCUT2D eigenvalue weighted by atomic mass is 10.1. The minimum atomic E-state index is -0.527. The van der Waals surface area contributed by atoms with Gasteiger partial charge >= 0.3 is 0 Å². The van der Waals surface area contributed by atoms with Crippen molar-refractivity contribution in [3.05, 3.63) is 53.9 Å². The zero-order valence-electron chi connectivity index (χ0n) is 14.4. The number of hydrazone groups is 1. The first-order valence-electron chi connectivity index (χ1n) is 7.96. The Balaban J connectivity index is 1.98. The lowest BCUT2D eigenvalue weighted by Crippen LogP contribution is -2.22. The number of ether oxygens (including phenoxy) is 1. The molecule has 0 fully saturated rings. The number of carbonyl (C=O) groups excluding carboxylic acids is 2. The fourth-order valence-electron chi connectivity index (χ4n) is 2.26. The Morgan fingerprint density at radius 3 is 2.52 bits per heavy atom. The second kappa shape index (κ2) is 8.68. The molecule has 3 N–H and O–H groups in total. The van der Waals surface area contributed by atoms with E-state index < -0.39 is 5.91 Å². The first kappa shape index (κ1) is 18.3. The first-order valence-corrected chi connectivity index (χ1v) is 7.96. The van der Waals surface area contributed by atoms with Gasteiger partial charge in [-0.2, -0.15) is 5.10 Å². The van der Waals surface area contributed by atoms with Crippen molar-refractivity contribution in [1.82, 2.24) is 9.99 Å². The van der Waals surface area contributed by atoms with Crippen molar-refractivity contribution in [2.75, 3.05) is 6.61 Å². The standard InChI is InChI=1S/C18H22N4O3/c1-3-16(13-6-8-15(9-7-13)25-12-17(19)23)20-21-18(24)11-14-5-4-10-22(14)2/h4-10H,3,11-12H2,1-2H3,(H2,19,23)(H,21,24). The third kappa shape index (κ3) is 5.49. The molecule has 1 heterocycles. The van der Waals surface area contributed by atoms with Crippen molar-refractivity contribution in [3.8, 4) is 5.75 Å². The van der Waals surface area contributed by atoms with Gasteiger partial charge in [-0.05, 0) is 48.4 Å². The van der Waals surface area contributed by atoms with Crippen molar-refractivity contribution >= 4 is 17.5 Å². The normalized spacial score (nSPS) is 11.2. The topological polar surface area (TPSA) is 98.7 Å². The van der Waals surface area contributed by atoms with Crippen LogP contribution < -0.4 is 15.9 Å². The summed E-state index contributed by atoms with van der Waals surface area (Å²) >= 11 is 0. The van der Waals surface area contributed by atoms with E-state index >= 15 is 0 Å². The summed E-state index contributed by atoms with van der Waals surface area (Å²) < 4.78 is 7.12. The molecule has 0 saturated heterocycles. The molecule has 0 saturated carbocycles. The minimum Gasteiger partial charge on any atom is -0.484 e. The molecule has 0 radical (unpaired) electrons. The number of amides is 2. The maximum Gasteiger partial charge on any atom is 0.255 e. The van der Waals surface area contributed by atoms with Gasteiger partial charge < -0.3 is 15.0 Å². The van der Waals surface area contributed by atoms with Crippen molar-refractivity contribution < 1.29 is 14.3 Å². The summed E-state index contributed by atoms with van der Waals surface area (Å²) in [6, 6.07) is 10.9. The highest BCUT2D eigenvalue weighted by molar-refractivity contribution is 6.01. The second-order valence-corrected chi connectivity index (χ2v) is 5.51. The van der Waals surface area contributed by atoms with Crippen LogP contribution in [0.4, 0.5) is 0 Å². The Labute approximate surface area is 146 Å². The van der Waals surface area contributed by atoms with Crippen LogP contribution >= 0.6 is 0 Å². The number of nitrogens with zero attached hydrogens (tertiary/aromatic N) is 2. The third-order valence-electron chi connectivity index (χ3n) is 3.61. The van der Waals surface area contributed by atoms with Crippen molar-refractivity contribution in [1.29, 1.82) is 0 Å². The number of rotatable bonds is 8. The molecule has 2 rings (SSSR count). The van der Waals surface area contributed by atoms with E-state index in [2.05, 4.69) is 10.5 Å². The van der Waals surface area contributed by atoms with E-state index in [-0.39, 0.29) is 18.9 Å². The number of hydrogen-bond acceptors (Lipinski definition) is 4. The van der Waals surface area contributed by atoms with Gasteiger partial charge in [-0.3, -0.25) is 9.59 Å². The van der Waals surface area contributed by atoms with E-state index in [0.29, 0.717) is 12.2 Å². The van der Waals surface area contributed by atoms with Crippen LogP contribution in [0.25, 0.3) is 0 Å². The predicted molar refractivity (Wildman–Crippen MR) is 95.2 cm³/mol. The summed E-state index contributed by atoms with van der Waals surface area (Å²) in [6.07, 6.45) is 2.82. The summed E-state index contributed by atoms with van der Waals surface area (Å²) in [7, 11) is 1.89. The van der Waals surface area contributed by atoms with E-state index in [4.69, 9.17) is 10.5 Å². The molecule has 0 aliphatic carbocycles. The zero-order valence-corrected chi connectivity index (χ0v) is 14.4. The fraction of sp³-hybridized carbons (Fsp3) is 0.278. The highest BCUT2D eigenvalue weighted by Gasteiger charge is 2.07. The minimum absolute atomic E-state index is 0.163. The Morgan fingerprint density at radius 2 is 1.96 bits per heavy atom. The van der Waals surface area contributed by atoms with Crippen molar-refractivity contribution in [2.24, 2.45) is 17.9 Å². The van der Waals surface area contributed by atoms with E-state index in [1.54, 1.807) is 12.1 Å². The van der Waals surface area contributed by atoms with Crippen LogP contribution in [0.2, 0.25) is 0 Å². The smallest absolute Gasteiger partial charge is 0.255 e. The summed E-state index contributed by atoms with van der Waals surface area (Å²) in [5.41, 5.74) is 10.2. The third-order valence-corrected chi connectivity index (χ3v) is 3.61. The molecule has 1 aromatic carbocycles. The van der Waals surface area contributed by atoms with Crippen LogP contribution in [0, 0.1) is 0 Å². The lowest BCUT2D eigenvalue weighted by molar-refractivity contribution is -0.121. The number of nitrogens with two attached hydrogens (primary N) is 1. The van der Waals surface area contributed by atoms with Gasteiger partial charge in [-0.15, -0.1) is 0 Å². The number of aromatic nitrogens is 1. The fourth-order valence-corrected chi connectivity index (χ4v) is 2.26. The molecular weight excluding hydrogens is 320 g/mol. The molecule has 0 aliphatic rings. The van der Waals surface area contributed by atoms with Gasteiger partial charge in [0.05, 0.1) is 12.1 Å². The molecule has 7 heteroatoms. The van der Waals surface area contributed by atoms with Gasteiger partial charge in [0.2, 0.25) is 5.91 Å². The largest absolute Gasteiger partial charge is 0.484 e. The van der Waals surface area contributed by atoms with Gasteiger partial charge in [-0.25, -0.2) is 5.43 Å². The van der Waals surface area contributed by atoms with Crippen molar-refractivity contribution in [3.63, 3.8) is 0 Å². The number of aryl methyl sites for hydroxylation is 1. The average molecular weight is 342 g/mol. The molecule has 0 unspecified atom stereocenters. The van der Waals surface area contributed by atoms with Crippen LogP contribution in [0.1, 0.15) is 24.6 Å². The quantitative estimate of drug-likeness (QED) is 0.560. The first-order chi connectivity index (χ1) is 12.0. The number of hydrogen-bond donors (Lipinski definition) is 2. The van der Waals surface area contributed by atoms with E-state index in [1.807, 2.05) is 49.0 Å². The van der Waals surface area contributed by atoms with Gasteiger partial charge in [0.25, 0.3) is 5.91 Å². The Bertz CT molecular complexity index is 763. The van der Waals surface area contributed by atoms with E-state index in [9.17, 15) is 9.59 Å². The van der Waals surface area contributed by atoms with E-state index in [0.717, 1.165) is 17.0 Å². The van der Waals surface area contributed by atoms with Crippen LogP contribution in [0.5, 0.6) is 5.75 Å². The Hall–Kier alpha value is -3.09.